The SMILES string of the molecule is CCOCCCN1CCC(O)CC1. The summed E-state index contributed by atoms with van der Waals surface area (Å²) in [5.41, 5.74) is 0. The fourth-order valence-corrected chi connectivity index (χ4v) is 1.68. The van der Waals surface area contributed by atoms with E-state index in [9.17, 15) is 5.11 Å². The lowest BCUT2D eigenvalue weighted by Gasteiger charge is -2.29. The van der Waals surface area contributed by atoms with Crippen LogP contribution in [0.5, 0.6) is 0 Å². The summed E-state index contributed by atoms with van der Waals surface area (Å²) >= 11 is 0. The zero-order valence-electron chi connectivity index (χ0n) is 8.54. The molecule has 1 rings (SSSR count). The fourth-order valence-electron chi connectivity index (χ4n) is 1.68. The number of hydrogen-bond acceptors (Lipinski definition) is 3. The second-order valence-electron chi connectivity index (χ2n) is 3.62. The van der Waals surface area contributed by atoms with E-state index in [1.165, 1.54) is 0 Å². The molecule has 0 aromatic heterocycles. The Kier molecular flexibility index (Phi) is 5.35. The largest absolute Gasteiger partial charge is 0.393 e. The third kappa shape index (κ3) is 4.60. The number of rotatable bonds is 5. The molecule has 1 saturated heterocycles. The van der Waals surface area contributed by atoms with Crippen molar-refractivity contribution in [2.45, 2.75) is 32.3 Å². The Hall–Kier alpha value is -0.120. The average Bonchev–Trinajstić information content (AvgIpc) is 2.15. The minimum Gasteiger partial charge on any atom is -0.393 e. The standard InChI is InChI=1S/C10H21NO2/c1-2-13-9-3-6-11-7-4-10(12)5-8-11/h10,12H,2-9H2,1H3. The first kappa shape index (κ1) is 11.0. The molecule has 1 N–H and O–H groups in total. The molecule has 3 nitrogen and oxygen atoms in total. The second-order valence-corrected chi connectivity index (χ2v) is 3.62. The molecule has 1 heterocycles. The van der Waals surface area contributed by atoms with Crippen LogP contribution in [0.15, 0.2) is 0 Å². The lowest BCUT2D eigenvalue weighted by atomic mass is 10.1. The number of aliphatic hydroxyl groups excluding tert-OH is 1. The van der Waals surface area contributed by atoms with E-state index in [0.717, 1.165) is 52.1 Å². The Labute approximate surface area is 80.7 Å². The van der Waals surface area contributed by atoms with Gasteiger partial charge in [0.15, 0.2) is 0 Å². The summed E-state index contributed by atoms with van der Waals surface area (Å²) in [6.45, 7) is 6.93. The Balaban J connectivity index is 1.96. The molecule has 0 bridgehead atoms. The van der Waals surface area contributed by atoms with E-state index in [1.807, 2.05) is 6.92 Å². The van der Waals surface area contributed by atoms with Gasteiger partial charge in [0.05, 0.1) is 6.10 Å². The zero-order chi connectivity index (χ0) is 9.52. The van der Waals surface area contributed by atoms with E-state index >= 15 is 0 Å². The molecular formula is C10H21NO2. The molecule has 78 valence electrons. The van der Waals surface area contributed by atoms with Gasteiger partial charge in [-0.2, -0.15) is 0 Å². The lowest BCUT2D eigenvalue weighted by Crippen LogP contribution is -2.36. The summed E-state index contributed by atoms with van der Waals surface area (Å²) < 4.78 is 5.27. The van der Waals surface area contributed by atoms with Gasteiger partial charge in [0, 0.05) is 32.8 Å². The zero-order valence-corrected chi connectivity index (χ0v) is 8.54. The van der Waals surface area contributed by atoms with Gasteiger partial charge in [-0.25, -0.2) is 0 Å². The van der Waals surface area contributed by atoms with Crippen molar-refractivity contribution in [3.63, 3.8) is 0 Å². The molecule has 0 radical (unpaired) electrons. The van der Waals surface area contributed by atoms with E-state index in [4.69, 9.17) is 4.74 Å². The average molecular weight is 187 g/mol. The topological polar surface area (TPSA) is 32.7 Å². The maximum absolute atomic E-state index is 9.29. The molecule has 3 heteroatoms. The van der Waals surface area contributed by atoms with Gasteiger partial charge in [-0.1, -0.05) is 0 Å². The summed E-state index contributed by atoms with van der Waals surface area (Å²) in [6.07, 6.45) is 2.94. The predicted octanol–water partition coefficient (Wildman–Crippen LogP) is 0.870. The minimum absolute atomic E-state index is 0.0526. The molecule has 0 aromatic rings. The van der Waals surface area contributed by atoms with E-state index in [-0.39, 0.29) is 6.10 Å². The molecule has 0 aliphatic carbocycles. The van der Waals surface area contributed by atoms with Gasteiger partial charge < -0.3 is 14.7 Å². The van der Waals surface area contributed by atoms with Crippen molar-refractivity contribution in [2.24, 2.45) is 0 Å². The van der Waals surface area contributed by atoms with Crippen molar-refractivity contribution < 1.29 is 9.84 Å². The van der Waals surface area contributed by atoms with Crippen molar-refractivity contribution in [1.82, 2.24) is 4.90 Å². The second kappa shape index (κ2) is 6.35. The third-order valence-corrected chi connectivity index (χ3v) is 2.52. The molecule has 1 aliphatic heterocycles. The van der Waals surface area contributed by atoms with Crippen LogP contribution in [-0.2, 0) is 4.74 Å². The fraction of sp³-hybridized carbons (Fsp3) is 1.00. The van der Waals surface area contributed by atoms with Crippen LogP contribution >= 0.6 is 0 Å². The van der Waals surface area contributed by atoms with Crippen LogP contribution in [0.25, 0.3) is 0 Å². The van der Waals surface area contributed by atoms with Crippen molar-refractivity contribution in [3.05, 3.63) is 0 Å². The van der Waals surface area contributed by atoms with Crippen LogP contribution in [0.4, 0.5) is 0 Å². The van der Waals surface area contributed by atoms with Gasteiger partial charge in [-0.15, -0.1) is 0 Å². The van der Waals surface area contributed by atoms with Crippen molar-refractivity contribution >= 4 is 0 Å². The molecule has 0 atom stereocenters. The van der Waals surface area contributed by atoms with Gasteiger partial charge in [0.2, 0.25) is 0 Å². The molecular weight excluding hydrogens is 166 g/mol. The maximum atomic E-state index is 9.29. The predicted molar refractivity (Wildman–Crippen MR) is 52.8 cm³/mol. The van der Waals surface area contributed by atoms with E-state index in [1.54, 1.807) is 0 Å². The Morgan fingerprint density at radius 1 is 1.38 bits per heavy atom. The quantitative estimate of drug-likeness (QED) is 0.648. The number of piperidine rings is 1. The van der Waals surface area contributed by atoms with E-state index < -0.39 is 0 Å². The third-order valence-electron chi connectivity index (χ3n) is 2.52. The van der Waals surface area contributed by atoms with Crippen LogP contribution in [0.2, 0.25) is 0 Å². The molecule has 13 heavy (non-hydrogen) atoms. The van der Waals surface area contributed by atoms with Crippen LogP contribution in [0.1, 0.15) is 26.2 Å². The molecule has 1 fully saturated rings. The van der Waals surface area contributed by atoms with Crippen molar-refractivity contribution in [2.75, 3.05) is 32.8 Å². The van der Waals surface area contributed by atoms with Gasteiger partial charge in [0.1, 0.15) is 0 Å². The van der Waals surface area contributed by atoms with E-state index in [2.05, 4.69) is 4.90 Å². The Bertz CT molecular complexity index is 122. The van der Waals surface area contributed by atoms with Crippen LogP contribution in [0.3, 0.4) is 0 Å². The first-order valence-electron chi connectivity index (χ1n) is 5.31. The van der Waals surface area contributed by atoms with Gasteiger partial charge in [-0.05, 0) is 26.2 Å². The summed E-state index contributed by atoms with van der Waals surface area (Å²) in [5.74, 6) is 0. The first-order valence-corrected chi connectivity index (χ1v) is 5.31. The van der Waals surface area contributed by atoms with Gasteiger partial charge >= 0.3 is 0 Å². The van der Waals surface area contributed by atoms with Crippen LogP contribution < -0.4 is 0 Å². The van der Waals surface area contributed by atoms with Crippen LogP contribution in [-0.4, -0.2) is 49.0 Å². The summed E-state index contributed by atoms with van der Waals surface area (Å²) in [4.78, 5) is 2.41. The number of likely N-dealkylation sites (tertiary alicyclic amines) is 1. The number of nitrogens with zero attached hydrogens (tertiary/aromatic N) is 1. The highest BCUT2D eigenvalue weighted by molar-refractivity contribution is 4.70. The molecule has 1 aliphatic rings. The first-order chi connectivity index (χ1) is 6.33. The normalized spacial score (nSPS) is 20.8. The van der Waals surface area contributed by atoms with Crippen molar-refractivity contribution in [1.29, 1.82) is 0 Å². The van der Waals surface area contributed by atoms with Crippen LogP contribution in [0, 0.1) is 0 Å². The van der Waals surface area contributed by atoms with Gasteiger partial charge in [-0.3, -0.25) is 0 Å². The Morgan fingerprint density at radius 3 is 2.69 bits per heavy atom. The summed E-state index contributed by atoms with van der Waals surface area (Å²) in [5, 5.41) is 9.29. The minimum atomic E-state index is -0.0526. The number of hydrogen-bond donors (Lipinski definition) is 1. The van der Waals surface area contributed by atoms with Gasteiger partial charge in [0.25, 0.3) is 0 Å². The molecule has 0 aromatic carbocycles. The molecule has 0 amide bonds. The Morgan fingerprint density at radius 2 is 2.08 bits per heavy atom. The maximum Gasteiger partial charge on any atom is 0.0564 e. The number of ether oxygens (including phenoxy) is 1. The monoisotopic (exact) mass is 187 g/mol. The molecule has 0 unspecified atom stereocenters. The summed E-state index contributed by atoms with van der Waals surface area (Å²) in [7, 11) is 0. The molecule has 0 saturated carbocycles. The molecule has 0 spiro atoms. The summed E-state index contributed by atoms with van der Waals surface area (Å²) in [6, 6.07) is 0. The van der Waals surface area contributed by atoms with Crippen molar-refractivity contribution in [3.8, 4) is 0 Å². The van der Waals surface area contributed by atoms with E-state index in [0.29, 0.717) is 0 Å². The highest BCUT2D eigenvalue weighted by Crippen LogP contribution is 2.09. The highest BCUT2D eigenvalue weighted by Gasteiger charge is 2.15. The lowest BCUT2D eigenvalue weighted by molar-refractivity contribution is 0.0737. The number of aliphatic hydroxyl groups is 1. The highest BCUT2D eigenvalue weighted by atomic mass is 16.5. The smallest absolute Gasteiger partial charge is 0.0564 e.